The topological polar surface area (TPSA) is 49.7 Å². The van der Waals surface area contributed by atoms with E-state index in [-0.39, 0.29) is 11.8 Å². The lowest BCUT2D eigenvalue weighted by Gasteiger charge is -2.21. The first-order chi connectivity index (χ1) is 11.2. The Kier molecular flexibility index (Phi) is 6.11. The van der Waals surface area contributed by atoms with Gasteiger partial charge in [0.2, 0.25) is 0 Å². The van der Waals surface area contributed by atoms with Gasteiger partial charge in [-0.05, 0) is 37.4 Å². The SMILES string of the molecule is CCN(C(=O)c1ccccc1)C(=NC(=O)c1ccccc1)SC. The summed E-state index contributed by atoms with van der Waals surface area (Å²) < 4.78 is 0. The van der Waals surface area contributed by atoms with Crippen molar-refractivity contribution < 1.29 is 9.59 Å². The molecule has 0 aliphatic rings. The van der Waals surface area contributed by atoms with Crippen LogP contribution in [0.15, 0.2) is 65.7 Å². The number of aliphatic imine (C=N–C) groups is 1. The second-order valence-corrected chi connectivity index (χ2v) is 5.46. The first-order valence-electron chi connectivity index (χ1n) is 7.26. The third kappa shape index (κ3) is 4.29. The third-order valence-corrected chi connectivity index (χ3v) is 3.89. The summed E-state index contributed by atoms with van der Waals surface area (Å²) >= 11 is 1.28. The van der Waals surface area contributed by atoms with Gasteiger partial charge in [0.1, 0.15) is 0 Å². The van der Waals surface area contributed by atoms with Crippen molar-refractivity contribution in [2.75, 3.05) is 12.8 Å². The predicted octanol–water partition coefficient (Wildman–Crippen LogP) is 3.71. The molecule has 5 heteroatoms. The average Bonchev–Trinajstić information content (AvgIpc) is 2.62. The van der Waals surface area contributed by atoms with Crippen LogP contribution in [0.25, 0.3) is 0 Å². The van der Waals surface area contributed by atoms with Gasteiger partial charge in [0.25, 0.3) is 11.8 Å². The number of amides is 2. The van der Waals surface area contributed by atoms with E-state index in [0.29, 0.717) is 22.8 Å². The molecule has 0 aromatic heterocycles. The Hall–Kier alpha value is -2.40. The van der Waals surface area contributed by atoms with Crippen LogP contribution in [0, 0.1) is 0 Å². The Morgan fingerprint density at radius 1 is 0.957 bits per heavy atom. The molecule has 0 N–H and O–H groups in total. The third-order valence-electron chi connectivity index (χ3n) is 3.21. The summed E-state index contributed by atoms with van der Waals surface area (Å²) in [5.74, 6) is -0.517. The zero-order valence-electron chi connectivity index (χ0n) is 13.1. The van der Waals surface area contributed by atoms with E-state index in [9.17, 15) is 9.59 Å². The molecule has 2 amide bonds. The first kappa shape index (κ1) is 17.0. The molecule has 0 saturated heterocycles. The van der Waals surface area contributed by atoms with Crippen LogP contribution < -0.4 is 0 Å². The minimum Gasteiger partial charge on any atom is -0.287 e. The molecule has 2 rings (SSSR count). The van der Waals surface area contributed by atoms with Gasteiger partial charge in [-0.25, -0.2) is 0 Å². The summed E-state index contributed by atoms with van der Waals surface area (Å²) in [5.41, 5.74) is 1.07. The fourth-order valence-electron chi connectivity index (χ4n) is 2.05. The summed E-state index contributed by atoms with van der Waals surface area (Å²) in [6, 6.07) is 17.8. The molecular formula is C18H18N2O2S. The lowest BCUT2D eigenvalue weighted by molar-refractivity contribution is 0.0855. The van der Waals surface area contributed by atoms with Gasteiger partial charge in [-0.1, -0.05) is 48.2 Å². The van der Waals surface area contributed by atoms with Gasteiger partial charge < -0.3 is 0 Å². The average molecular weight is 326 g/mol. The van der Waals surface area contributed by atoms with Crippen molar-refractivity contribution in [2.45, 2.75) is 6.92 Å². The van der Waals surface area contributed by atoms with E-state index in [1.165, 1.54) is 16.7 Å². The summed E-state index contributed by atoms with van der Waals surface area (Å²) in [4.78, 5) is 30.5. The lowest BCUT2D eigenvalue weighted by Crippen LogP contribution is -2.35. The van der Waals surface area contributed by atoms with Gasteiger partial charge in [-0.15, -0.1) is 0 Å². The van der Waals surface area contributed by atoms with E-state index in [1.807, 2.05) is 31.2 Å². The number of hydrogen-bond donors (Lipinski definition) is 0. The van der Waals surface area contributed by atoms with Crippen LogP contribution in [0.5, 0.6) is 0 Å². The monoisotopic (exact) mass is 326 g/mol. The van der Waals surface area contributed by atoms with Gasteiger partial charge >= 0.3 is 0 Å². The second kappa shape index (κ2) is 8.29. The molecule has 0 bridgehead atoms. The number of rotatable bonds is 3. The maximum absolute atomic E-state index is 12.6. The smallest absolute Gasteiger partial charge is 0.279 e. The van der Waals surface area contributed by atoms with Gasteiger partial charge in [0.15, 0.2) is 5.17 Å². The van der Waals surface area contributed by atoms with Crippen molar-refractivity contribution in [1.29, 1.82) is 0 Å². The summed E-state index contributed by atoms with van der Waals surface area (Å²) in [6.45, 7) is 2.30. The molecule has 0 aliphatic carbocycles. The number of nitrogens with zero attached hydrogens (tertiary/aromatic N) is 2. The van der Waals surface area contributed by atoms with E-state index in [4.69, 9.17) is 0 Å². The number of carbonyl (C=O) groups is 2. The Labute approximate surface area is 140 Å². The van der Waals surface area contributed by atoms with Crippen LogP contribution in [0.3, 0.4) is 0 Å². The first-order valence-corrected chi connectivity index (χ1v) is 8.48. The molecule has 0 unspecified atom stereocenters. The van der Waals surface area contributed by atoms with Crippen LogP contribution in [0.1, 0.15) is 27.6 Å². The van der Waals surface area contributed by atoms with Gasteiger partial charge in [0.05, 0.1) is 0 Å². The Balaban J connectivity index is 2.28. The number of carbonyl (C=O) groups excluding carboxylic acids is 2. The number of hydrogen-bond acceptors (Lipinski definition) is 3. The van der Waals surface area contributed by atoms with E-state index >= 15 is 0 Å². The Morgan fingerprint density at radius 3 is 1.96 bits per heavy atom. The molecule has 0 aliphatic heterocycles. The quantitative estimate of drug-likeness (QED) is 0.638. The Bertz CT molecular complexity index is 699. The minimum absolute atomic E-state index is 0.165. The van der Waals surface area contributed by atoms with Crippen molar-refractivity contribution in [1.82, 2.24) is 4.90 Å². The number of thioether (sulfide) groups is 1. The van der Waals surface area contributed by atoms with Crippen molar-refractivity contribution in [3.8, 4) is 0 Å². The fourth-order valence-corrected chi connectivity index (χ4v) is 2.66. The van der Waals surface area contributed by atoms with E-state index in [2.05, 4.69) is 4.99 Å². The zero-order valence-corrected chi connectivity index (χ0v) is 13.9. The second-order valence-electron chi connectivity index (χ2n) is 4.69. The predicted molar refractivity (Wildman–Crippen MR) is 94.9 cm³/mol. The van der Waals surface area contributed by atoms with Crippen LogP contribution in [-0.4, -0.2) is 34.7 Å². The maximum Gasteiger partial charge on any atom is 0.279 e. The number of benzene rings is 2. The highest BCUT2D eigenvalue weighted by atomic mass is 32.2. The van der Waals surface area contributed by atoms with Crippen LogP contribution in [0.2, 0.25) is 0 Å². The van der Waals surface area contributed by atoms with Gasteiger partial charge in [-0.3, -0.25) is 14.5 Å². The van der Waals surface area contributed by atoms with E-state index < -0.39 is 0 Å². The van der Waals surface area contributed by atoms with Crippen molar-refractivity contribution in [3.05, 3.63) is 71.8 Å². The molecule has 0 radical (unpaired) electrons. The molecule has 0 atom stereocenters. The van der Waals surface area contributed by atoms with Crippen molar-refractivity contribution in [2.24, 2.45) is 4.99 Å². The summed E-state index contributed by atoms with van der Waals surface area (Å²) in [5, 5.41) is 0.398. The van der Waals surface area contributed by atoms with Gasteiger partial charge in [0, 0.05) is 17.7 Å². The number of amidine groups is 1. The molecule has 2 aromatic carbocycles. The standard InChI is InChI=1S/C18H18N2O2S/c1-3-20(17(22)15-12-8-5-9-13-15)18(23-2)19-16(21)14-10-6-4-7-11-14/h4-13H,3H2,1-2H3. The molecule has 4 nitrogen and oxygen atoms in total. The normalized spacial score (nSPS) is 11.1. The summed E-state index contributed by atoms with van der Waals surface area (Å²) in [6.07, 6.45) is 1.80. The summed E-state index contributed by atoms with van der Waals surface area (Å²) in [7, 11) is 0. The molecule has 23 heavy (non-hydrogen) atoms. The molecular weight excluding hydrogens is 308 g/mol. The van der Waals surface area contributed by atoms with Gasteiger partial charge in [-0.2, -0.15) is 4.99 Å². The van der Waals surface area contributed by atoms with Crippen LogP contribution in [0.4, 0.5) is 0 Å². The lowest BCUT2D eigenvalue weighted by atomic mass is 10.2. The molecule has 2 aromatic rings. The highest BCUT2D eigenvalue weighted by molar-refractivity contribution is 8.13. The molecule has 0 fully saturated rings. The Morgan fingerprint density at radius 2 is 1.48 bits per heavy atom. The molecule has 118 valence electrons. The maximum atomic E-state index is 12.6. The van der Waals surface area contributed by atoms with Crippen molar-refractivity contribution >= 4 is 28.7 Å². The highest BCUT2D eigenvalue weighted by Gasteiger charge is 2.20. The van der Waals surface area contributed by atoms with Crippen LogP contribution in [-0.2, 0) is 0 Å². The molecule has 0 heterocycles. The van der Waals surface area contributed by atoms with Crippen molar-refractivity contribution in [3.63, 3.8) is 0 Å². The highest BCUT2D eigenvalue weighted by Crippen LogP contribution is 2.13. The fraction of sp³-hybridized carbons (Fsp3) is 0.167. The zero-order chi connectivity index (χ0) is 16.7. The van der Waals surface area contributed by atoms with E-state index in [0.717, 1.165) is 0 Å². The molecule has 0 spiro atoms. The molecule has 0 saturated carbocycles. The minimum atomic E-state index is -0.353. The largest absolute Gasteiger partial charge is 0.287 e. The van der Waals surface area contributed by atoms with E-state index in [1.54, 1.807) is 42.7 Å². The van der Waals surface area contributed by atoms with Crippen LogP contribution >= 0.6 is 11.8 Å².